The zero-order valence-electron chi connectivity index (χ0n) is 13.8. The average molecular weight is 333 g/mol. The standard InChI is InChI=1S/C18H24FN3O2/c19-16-4-2-1-3-13(16)11-17(23)20-15-7-9-22(10-8-15)12-18(24)21-14-5-6-14/h1-4,14-15H,5-12H2,(H,20,23)(H,21,24). The summed E-state index contributed by atoms with van der Waals surface area (Å²) in [6.45, 7) is 2.03. The third-order valence-electron chi connectivity index (χ3n) is 4.57. The van der Waals surface area contributed by atoms with Crippen LogP contribution in [0.25, 0.3) is 0 Å². The Bertz CT molecular complexity index is 596. The summed E-state index contributed by atoms with van der Waals surface area (Å²) in [5.74, 6) is -0.395. The van der Waals surface area contributed by atoms with E-state index >= 15 is 0 Å². The van der Waals surface area contributed by atoms with Crippen molar-refractivity contribution in [2.24, 2.45) is 0 Å². The van der Waals surface area contributed by atoms with Crippen LogP contribution in [0.5, 0.6) is 0 Å². The maximum Gasteiger partial charge on any atom is 0.234 e. The quantitative estimate of drug-likeness (QED) is 0.823. The normalized spacial score (nSPS) is 19.0. The molecule has 1 aromatic carbocycles. The maximum atomic E-state index is 13.6. The molecule has 2 aliphatic rings. The van der Waals surface area contributed by atoms with E-state index in [1.807, 2.05) is 0 Å². The molecule has 1 aliphatic carbocycles. The van der Waals surface area contributed by atoms with Crippen LogP contribution in [0.15, 0.2) is 24.3 Å². The van der Waals surface area contributed by atoms with Crippen molar-refractivity contribution in [2.75, 3.05) is 19.6 Å². The van der Waals surface area contributed by atoms with Crippen molar-refractivity contribution < 1.29 is 14.0 Å². The molecule has 2 amide bonds. The van der Waals surface area contributed by atoms with E-state index in [0.29, 0.717) is 18.2 Å². The summed E-state index contributed by atoms with van der Waals surface area (Å²) in [5.41, 5.74) is 0.421. The highest BCUT2D eigenvalue weighted by Crippen LogP contribution is 2.18. The van der Waals surface area contributed by atoms with Gasteiger partial charge in [-0.2, -0.15) is 0 Å². The van der Waals surface area contributed by atoms with Crippen molar-refractivity contribution in [2.45, 2.75) is 44.2 Å². The van der Waals surface area contributed by atoms with Gasteiger partial charge in [-0.15, -0.1) is 0 Å². The van der Waals surface area contributed by atoms with E-state index in [1.54, 1.807) is 18.2 Å². The second-order valence-electron chi connectivity index (χ2n) is 6.73. The van der Waals surface area contributed by atoms with E-state index < -0.39 is 0 Å². The van der Waals surface area contributed by atoms with Crippen LogP contribution >= 0.6 is 0 Å². The number of piperidine rings is 1. The number of likely N-dealkylation sites (tertiary alicyclic amines) is 1. The first kappa shape index (κ1) is 16.9. The van der Waals surface area contributed by atoms with Gasteiger partial charge >= 0.3 is 0 Å². The number of hydrogen-bond donors (Lipinski definition) is 2. The van der Waals surface area contributed by atoms with E-state index in [-0.39, 0.29) is 30.1 Å². The van der Waals surface area contributed by atoms with Crippen LogP contribution in [0.2, 0.25) is 0 Å². The lowest BCUT2D eigenvalue weighted by molar-refractivity contribution is -0.124. The summed E-state index contributed by atoms with van der Waals surface area (Å²) >= 11 is 0. The van der Waals surface area contributed by atoms with Crippen LogP contribution in [0.3, 0.4) is 0 Å². The number of amides is 2. The molecule has 130 valence electrons. The van der Waals surface area contributed by atoms with E-state index in [4.69, 9.17) is 0 Å². The van der Waals surface area contributed by atoms with Crippen LogP contribution < -0.4 is 10.6 Å². The number of hydrogen-bond acceptors (Lipinski definition) is 3. The van der Waals surface area contributed by atoms with Gasteiger partial charge in [0.05, 0.1) is 13.0 Å². The minimum Gasteiger partial charge on any atom is -0.353 e. The molecule has 1 saturated carbocycles. The van der Waals surface area contributed by atoms with Gasteiger partial charge in [0, 0.05) is 25.2 Å². The molecule has 1 aromatic rings. The lowest BCUT2D eigenvalue weighted by Crippen LogP contribution is -2.47. The van der Waals surface area contributed by atoms with Gasteiger partial charge < -0.3 is 10.6 Å². The molecule has 0 radical (unpaired) electrons. The molecule has 6 heteroatoms. The van der Waals surface area contributed by atoms with Crippen molar-refractivity contribution in [1.29, 1.82) is 0 Å². The molecule has 0 spiro atoms. The average Bonchev–Trinajstić information content (AvgIpc) is 3.35. The van der Waals surface area contributed by atoms with Gasteiger partial charge in [0.25, 0.3) is 0 Å². The SMILES string of the molecule is O=C(Cc1ccccc1F)NC1CCN(CC(=O)NC2CC2)CC1. The van der Waals surface area contributed by atoms with Crippen LogP contribution in [0, 0.1) is 5.82 Å². The molecule has 5 nitrogen and oxygen atoms in total. The van der Waals surface area contributed by atoms with Gasteiger partial charge in [0.15, 0.2) is 0 Å². The number of halogens is 1. The number of carbonyl (C=O) groups is 2. The Morgan fingerprint density at radius 2 is 1.62 bits per heavy atom. The van der Waals surface area contributed by atoms with E-state index in [2.05, 4.69) is 15.5 Å². The fourth-order valence-electron chi connectivity index (χ4n) is 3.03. The molecule has 0 unspecified atom stereocenters. The van der Waals surface area contributed by atoms with Gasteiger partial charge in [0.2, 0.25) is 11.8 Å². The van der Waals surface area contributed by atoms with Crippen molar-refractivity contribution in [3.05, 3.63) is 35.6 Å². The van der Waals surface area contributed by atoms with Gasteiger partial charge in [-0.25, -0.2) is 4.39 Å². The molecule has 1 aliphatic heterocycles. The van der Waals surface area contributed by atoms with Crippen LogP contribution in [-0.4, -0.2) is 48.4 Å². The number of nitrogens with one attached hydrogen (secondary N) is 2. The fraction of sp³-hybridized carbons (Fsp3) is 0.556. The monoisotopic (exact) mass is 333 g/mol. The Hall–Kier alpha value is -1.95. The molecule has 1 saturated heterocycles. The van der Waals surface area contributed by atoms with E-state index in [1.165, 1.54) is 6.07 Å². The molecular formula is C18H24FN3O2. The summed E-state index contributed by atoms with van der Waals surface area (Å²) in [6, 6.07) is 6.85. The minimum atomic E-state index is -0.343. The number of carbonyl (C=O) groups excluding carboxylic acids is 2. The molecule has 1 heterocycles. The zero-order valence-corrected chi connectivity index (χ0v) is 13.8. The Balaban J connectivity index is 1.37. The highest BCUT2D eigenvalue weighted by atomic mass is 19.1. The Morgan fingerprint density at radius 1 is 1.00 bits per heavy atom. The van der Waals surface area contributed by atoms with E-state index in [0.717, 1.165) is 38.8 Å². The molecule has 0 atom stereocenters. The molecule has 24 heavy (non-hydrogen) atoms. The minimum absolute atomic E-state index is 0.0662. The number of nitrogens with zero attached hydrogens (tertiary/aromatic N) is 1. The second-order valence-corrected chi connectivity index (χ2v) is 6.73. The van der Waals surface area contributed by atoms with Gasteiger partial charge in [-0.1, -0.05) is 18.2 Å². The largest absolute Gasteiger partial charge is 0.353 e. The maximum absolute atomic E-state index is 13.6. The van der Waals surface area contributed by atoms with Gasteiger partial charge in [-0.05, 0) is 37.3 Å². The summed E-state index contributed by atoms with van der Waals surface area (Å²) in [6.07, 6.45) is 3.90. The summed E-state index contributed by atoms with van der Waals surface area (Å²) in [5, 5.41) is 5.97. The number of benzene rings is 1. The molecular weight excluding hydrogens is 309 g/mol. The molecule has 2 fully saturated rings. The molecule has 2 N–H and O–H groups in total. The summed E-state index contributed by atoms with van der Waals surface area (Å²) in [4.78, 5) is 26.0. The first-order valence-corrected chi connectivity index (χ1v) is 8.64. The van der Waals surface area contributed by atoms with Crippen LogP contribution in [-0.2, 0) is 16.0 Å². The Morgan fingerprint density at radius 3 is 2.29 bits per heavy atom. The summed E-state index contributed by atoms with van der Waals surface area (Å²) in [7, 11) is 0. The fourth-order valence-corrected chi connectivity index (χ4v) is 3.03. The highest BCUT2D eigenvalue weighted by molar-refractivity contribution is 5.79. The predicted molar refractivity (Wildman–Crippen MR) is 88.9 cm³/mol. The second kappa shape index (κ2) is 7.75. The predicted octanol–water partition coefficient (Wildman–Crippen LogP) is 1.23. The lowest BCUT2D eigenvalue weighted by atomic mass is 10.0. The smallest absolute Gasteiger partial charge is 0.234 e. The van der Waals surface area contributed by atoms with Gasteiger partial charge in [-0.3, -0.25) is 14.5 Å². The van der Waals surface area contributed by atoms with Crippen LogP contribution in [0.1, 0.15) is 31.2 Å². The Kier molecular flexibility index (Phi) is 5.45. The molecule has 0 bridgehead atoms. The number of rotatable bonds is 6. The Labute approximate surface area is 141 Å². The molecule has 0 aromatic heterocycles. The lowest BCUT2D eigenvalue weighted by Gasteiger charge is -2.31. The summed E-state index contributed by atoms with van der Waals surface area (Å²) < 4.78 is 13.6. The third-order valence-corrected chi connectivity index (χ3v) is 4.57. The van der Waals surface area contributed by atoms with Crippen molar-refractivity contribution in [3.8, 4) is 0 Å². The zero-order chi connectivity index (χ0) is 16.9. The van der Waals surface area contributed by atoms with E-state index in [9.17, 15) is 14.0 Å². The van der Waals surface area contributed by atoms with Crippen molar-refractivity contribution in [1.82, 2.24) is 15.5 Å². The highest BCUT2D eigenvalue weighted by Gasteiger charge is 2.26. The topological polar surface area (TPSA) is 61.4 Å². The first-order chi connectivity index (χ1) is 11.6. The van der Waals surface area contributed by atoms with Crippen molar-refractivity contribution in [3.63, 3.8) is 0 Å². The first-order valence-electron chi connectivity index (χ1n) is 8.64. The van der Waals surface area contributed by atoms with Crippen molar-refractivity contribution >= 4 is 11.8 Å². The third kappa shape index (κ3) is 5.03. The molecule has 3 rings (SSSR count). The van der Waals surface area contributed by atoms with Gasteiger partial charge in [0.1, 0.15) is 5.82 Å². The van der Waals surface area contributed by atoms with Crippen LogP contribution in [0.4, 0.5) is 4.39 Å².